The van der Waals surface area contributed by atoms with E-state index in [-0.39, 0.29) is 18.2 Å². The highest BCUT2D eigenvalue weighted by molar-refractivity contribution is 5.19. The van der Waals surface area contributed by atoms with Crippen LogP contribution in [0, 0.1) is 11.6 Å². The SMILES string of the molecule is CC(CN1CCOCC1)NCc1c(F)cccc1F. The summed E-state index contributed by atoms with van der Waals surface area (Å²) in [5.41, 5.74) is 0.108. The quantitative estimate of drug-likeness (QED) is 0.882. The van der Waals surface area contributed by atoms with Crippen molar-refractivity contribution in [2.75, 3.05) is 32.8 Å². The van der Waals surface area contributed by atoms with Gasteiger partial charge in [-0.1, -0.05) is 6.07 Å². The normalized spacial score (nSPS) is 18.5. The van der Waals surface area contributed by atoms with Crippen LogP contribution >= 0.6 is 0 Å². The monoisotopic (exact) mass is 270 g/mol. The molecular weight excluding hydrogens is 250 g/mol. The number of halogens is 2. The molecule has 1 heterocycles. The molecule has 0 radical (unpaired) electrons. The minimum Gasteiger partial charge on any atom is -0.379 e. The van der Waals surface area contributed by atoms with E-state index in [1.54, 1.807) is 0 Å². The van der Waals surface area contributed by atoms with E-state index in [1.807, 2.05) is 6.92 Å². The highest BCUT2D eigenvalue weighted by Crippen LogP contribution is 2.11. The standard InChI is InChI=1S/C14H20F2N2O/c1-11(10-18-5-7-19-8-6-18)17-9-12-13(15)3-2-4-14(12)16/h2-4,11,17H,5-10H2,1H3. The molecular formula is C14H20F2N2O. The van der Waals surface area contributed by atoms with Crippen LogP contribution in [0.3, 0.4) is 0 Å². The second-order valence-electron chi connectivity index (χ2n) is 4.90. The molecule has 1 N–H and O–H groups in total. The Hall–Kier alpha value is -1.04. The van der Waals surface area contributed by atoms with Crippen molar-refractivity contribution in [2.45, 2.75) is 19.5 Å². The van der Waals surface area contributed by atoms with Crippen molar-refractivity contribution >= 4 is 0 Å². The zero-order valence-corrected chi connectivity index (χ0v) is 11.2. The number of nitrogens with one attached hydrogen (secondary N) is 1. The summed E-state index contributed by atoms with van der Waals surface area (Å²) in [5.74, 6) is -0.989. The van der Waals surface area contributed by atoms with E-state index < -0.39 is 11.6 Å². The van der Waals surface area contributed by atoms with Crippen LogP contribution < -0.4 is 5.32 Å². The molecule has 19 heavy (non-hydrogen) atoms. The molecule has 0 spiro atoms. The molecule has 0 aromatic heterocycles. The third-order valence-electron chi connectivity index (χ3n) is 3.32. The smallest absolute Gasteiger partial charge is 0.130 e. The van der Waals surface area contributed by atoms with Crippen LogP contribution in [0.1, 0.15) is 12.5 Å². The fourth-order valence-corrected chi connectivity index (χ4v) is 2.21. The van der Waals surface area contributed by atoms with Gasteiger partial charge in [0.1, 0.15) is 11.6 Å². The molecule has 5 heteroatoms. The molecule has 1 fully saturated rings. The molecule has 0 aliphatic carbocycles. The molecule has 2 rings (SSSR count). The van der Waals surface area contributed by atoms with Crippen molar-refractivity contribution in [3.05, 3.63) is 35.4 Å². The Morgan fingerprint density at radius 2 is 1.89 bits per heavy atom. The van der Waals surface area contributed by atoms with Gasteiger partial charge < -0.3 is 10.1 Å². The molecule has 3 nitrogen and oxygen atoms in total. The summed E-state index contributed by atoms with van der Waals surface area (Å²) in [7, 11) is 0. The summed E-state index contributed by atoms with van der Waals surface area (Å²) in [6.07, 6.45) is 0. The van der Waals surface area contributed by atoms with Crippen molar-refractivity contribution in [1.29, 1.82) is 0 Å². The molecule has 1 aromatic carbocycles. The van der Waals surface area contributed by atoms with E-state index >= 15 is 0 Å². The molecule has 1 saturated heterocycles. The number of benzene rings is 1. The van der Waals surface area contributed by atoms with E-state index in [4.69, 9.17) is 4.74 Å². The summed E-state index contributed by atoms with van der Waals surface area (Å²) in [6.45, 7) is 6.45. The Morgan fingerprint density at radius 3 is 2.53 bits per heavy atom. The average molecular weight is 270 g/mol. The van der Waals surface area contributed by atoms with Crippen molar-refractivity contribution in [1.82, 2.24) is 10.2 Å². The van der Waals surface area contributed by atoms with Gasteiger partial charge in [-0.25, -0.2) is 8.78 Å². The number of hydrogen-bond donors (Lipinski definition) is 1. The van der Waals surface area contributed by atoms with E-state index in [9.17, 15) is 8.78 Å². The van der Waals surface area contributed by atoms with Gasteiger partial charge in [0.05, 0.1) is 13.2 Å². The van der Waals surface area contributed by atoms with E-state index in [1.165, 1.54) is 18.2 Å². The summed E-state index contributed by atoms with van der Waals surface area (Å²) >= 11 is 0. The zero-order chi connectivity index (χ0) is 13.7. The molecule has 1 aliphatic heterocycles. The topological polar surface area (TPSA) is 24.5 Å². The van der Waals surface area contributed by atoms with Crippen molar-refractivity contribution in [3.63, 3.8) is 0 Å². The van der Waals surface area contributed by atoms with Crippen LogP contribution in [0.2, 0.25) is 0 Å². The first-order chi connectivity index (χ1) is 9.16. The van der Waals surface area contributed by atoms with Gasteiger partial charge in [0, 0.05) is 37.8 Å². The fraction of sp³-hybridized carbons (Fsp3) is 0.571. The maximum atomic E-state index is 13.5. The fourth-order valence-electron chi connectivity index (χ4n) is 2.21. The Balaban J connectivity index is 1.81. The third kappa shape index (κ3) is 4.23. The second-order valence-corrected chi connectivity index (χ2v) is 4.90. The highest BCUT2D eigenvalue weighted by Gasteiger charge is 2.14. The number of morpholine rings is 1. The number of rotatable bonds is 5. The Bertz CT molecular complexity index is 388. The van der Waals surface area contributed by atoms with Crippen molar-refractivity contribution in [3.8, 4) is 0 Å². The minimum atomic E-state index is -0.494. The van der Waals surface area contributed by atoms with E-state index in [0.29, 0.717) is 0 Å². The van der Waals surface area contributed by atoms with Gasteiger partial charge in [-0.05, 0) is 19.1 Å². The number of hydrogen-bond acceptors (Lipinski definition) is 3. The molecule has 0 bridgehead atoms. The molecule has 0 saturated carbocycles. The van der Waals surface area contributed by atoms with Crippen LogP contribution in [0.25, 0.3) is 0 Å². The number of ether oxygens (including phenoxy) is 1. The van der Waals surface area contributed by atoms with Crippen LogP contribution in [-0.2, 0) is 11.3 Å². The molecule has 0 amide bonds. The van der Waals surface area contributed by atoms with Crippen LogP contribution in [0.15, 0.2) is 18.2 Å². The highest BCUT2D eigenvalue weighted by atomic mass is 19.1. The Morgan fingerprint density at radius 1 is 1.26 bits per heavy atom. The summed E-state index contributed by atoms with van der Waals surface area (Å²) in [5, 5.41) is 3.17. The van der Waals surface area contributed by atoms with Gasteiger partial charge in [-0.3, -0.25) is 4.90 Å². The minimum absolute atomic E-state index is 0.108. The van der Waals surface area contributed by atoms with E-state index in [2.05, 4.69) is 10.2 Å². The molecule has 1 unspecified atom stereocenters. The lowest BCUT2D eigenvalue weighted by Gasteiger charge is -2.29. The predicted octanol–water partition coefficient (Wildman–Crippen LogP) is 1.78. The van der Waals surface area contributed by atoms with Gasteiger partial charge in [-0.2, -0.15) is 0 Å². The summed E-state index contributed by atoms with van der Waals surface area (Å²) in [4.78, 5) is 2.29. The lowest BCUT2D eigenvalue weighted by Crippen LogP contribution is -2.44. The van der Waals surface area contributed by atoms with Gasteiger partial charge in [0.2, 0.25) is 0 Å². The van der Waals surface area contributed by atoms with Crippen LogP contribution in [0.5, 0.6) is 0 Å². The first-order valence-corrected chi connectivity index (χ1v) is 6.63. The van der Waals surface area contributed by atoms with Gasteiger partial charge in [-0.15, -0.1) is 0 Å². The van der Waals surface area contributed by atoms with Crippen LogP contribution in [-0.4, -0.2) is 43.8 Å². The molecule has 106 valence electrons. The second kappa shape index (κ2) is 6.93. The molecule has 1 aromatic rings. The molecule has 1 aliphatic rings. The first-order valence-electron chi connectivity index (χ1n) is 6.63. The largest absolute Gasteiger partial charge is 0.379 e. The predicted molar refractivity (Wildman–Crippen MR) is 69.9 cm³/mol. The van der Waals surface area contributed by atoms with E-state index in [0.717, 1.165) is 32.8 Å². The zero-order valence-electron chi connectivity index (χ0n) is 11.2. The Labute approximate surface area is 112 Å². The van der Waals surface area contributed by atoms with Crippen molar-refractivity contribution < 1.29 is 13.5 Å². The lowest BCUT2D eigenvalue weighted by molar-refractivity contribution is 0.0343. The maximum absolute atomic E-state index is 13.5. The first kappa shape index (κ1) is 14.4. The van der Waals surface area contributed by atoms with Gasteiger partial charge >= 0.3 is 0 Å². The van der Waals surface area contributed by atoms with Gasteiger partial charge in [0.15, 0.2) is 0 Å². The maximum Gasteiger partial charge on any atom is 0.130 e. The summed E-state index contributed by atoms with van der Waals surface area (Å²) < 4.78 is 32.2. The van der Waals surface area contributed by atoms with Gasteiger partial charge in [0.25, 0.3) is 0 Å². The molecule has 1 atom stereocenters. The number of nitrogens with zero attached hydrogens (tertiary/aromatic N) is 1. The third-order valence-corrected chi connectivity index (χ3v) is 3.32. The lowest BCUT2D eigenvalue weighted by atomic mass is 10.2. The summed E-state index contributed by atoms with van der Waals surface area (Å²) in [6, 6.07) is 4.13. The Kier molecular flexibility index (Phi) is 5.24. The average Bonchev–Trinajstić information content (AvgIpc) is 2.39. The van der Waals surface area contributed by atoms with Crippen LogP contribution in [0.4, 0.5) is 8.78 Å². The van der Waals surface area contributed by atoms with Crippen molar-refractivity contribution in [2.24, 2.45) is 0 Å².